The highest BCUT2D eigenvalue weighted by molar-refractivity contribution is 6.38. The van der Waals surface area contributed by atoms with E-state index in [1.54, 1.807) is 0 Å². The van der Waals surface area contributed by atoms with Crippen LogP contribution in [0.3, 0.4) is 0 Å². The monoisotopic (exact) mass is 484 g/mol. The highest BCUT2D eigenvalue weighted by Gasteiger charge is 2.37. The number of nitrogens with zero attached hydrogens (tertiary/aromatic N) is 6. The van der Waals surface area contributed by atoms with Crippen molar-refractivity contribution in [1.82, 2.24) is 20.7 Å². The quantitative estimate of drug-likeness (QED) is 0.635. The summed E-state index contributed by atoms with van der Waals surface area (Å²) in [7, 11) is 3.78. The summed E-state index contributed by atoms with van der Waals surface area (Å²) in [6, 6.07) is 19.5. The predicted molar refractivity (Wildman–Crippen MR) is 140 cm³/mol. The first-order valence-corrected chi connectivity index (χ1v) is 11.7. The molecule has 0 saturated heterocycles. The average molecular weight is 485 g/mol. The van der Waals surface area contributed by atoms with Crippen molar-refractivity contribution in [3.63, 3.8) is 0 Å². The third-order valence-corrected chi connectivity index (χ3v) is 6.45. The van der Waals surface area contributed by atoms with E-state index in [0.29, 0.717) is 36.2 Å². The molecule has 184 valence electrons. The molecule has 3 aliphatic rings. The molecule has 2 aromatic rings. The first-order valence-electron chi connectivity index (χ1n) is 11.7. The van der Waals surface area contributed by atoms with Crippen LogP contribution in [0.25, 0.3) is 0 Å². The third-order valence-electron chi connectivity index (χ3n) is 6.45. The second-order valence-corrected chi connectivity index (χ2v) is 8.58. The number of hydrogen-bond acceptors (Lipinski definition) is 8. The molecule has 3 heterocycles. The number of carbonyl (C=O) groups excluding carboxylic acids is 2. The number of para-hydroxylation sites is 2. The molecule has 0 aromatic heterocycles. The zero-order chi connectivity index (χ0) is 25.4. The summed E-state index contributed by atoms with van der Waals surface area (Å²) in [6.07, 6.45) is 0. The SMILES string of the molecule is CC1=C2NC(=O)C(=O)NC3=C(C)N(C)N(c4ccccc4)C3=NCCN=C2N(c2ccccc2)N1C. The number of hydrogen-bond donors (Lipinski definition) is 2. The van der Waals surface area contributed by atoms with E-state index in [1.807, 2.05) is 109 Å². The molecule has 2 amide bonds. The molecule has 2 aromatic carbocycles. The van der Waals surface area contributed by atoms with Crippen molar-refractivity contribution >= 4 is 34.9 Å². The van der Waals surface area contributed by atoms with Crippen LogP contribution < -0.4 is 20.7 Å². The molecular weight excluding hydrogens is 456 g/mol. The van der Waals surface area contributed by atoms with Gasteiger partial charge >= 0.3 is 11.8 Å². The summed E-state index contributed by atoms with van der Waals surface area (Å²) in [6.45, 7) is 4.53. The van der Waals surface area contributed by atoms with Gasteiger partial charge in [-0.2, -0.15) is 0 Å². The van der Waals surface area contributed by atoms with Gasteiger partial charge in [-0.15, -0.1) is 0 Å². The summed E-state index contributed by atoms with van der Waals surface area (Å²) in [5.41, 5.74) is 4.30. The number of allylic oxidation sites excluding steroid dienone is 2. The van der Waals surface area contributed by atoms with Gasteiger partial charge in [-0.1, -0.05) is 36.4 Å². The normalized spacial score (nSPS) is 18.8. The van der Waals surface area contributed by atoms with Gasteiger partial charge in [-0.25, -0.2) is 10.0 Å². The van der Waals surface area contributed by atoms with Gasteiger partial charge in [0, 0.05) is 14.1 Å². The Balaban J connectivity index is 1.57. The van der Waals surface area contributed by atoms with E-state index in [0.717, 1.165) is 22.8 Å². The van der Waals surface area contributed by atoms with Crippen molar-refractivity contribution in [3.05, 3.63) is 83.5 Å². The molecule has 3 aliphatic heterocycles. The lowest BCUT2D eigenvalue weighted by Crippen LogP contribution is -2.45. The topological polar surface area (TPSA) is 95.9 Å². The Kier molecular flexibility index (Phi) is 5.93. The van der Waals surface area contributed by atoms with Crippen LogP contribution in [-0.2, 0) is 9.59 Å². The highest BCUT2D eigenvalue weighted by Crippen LogP contribution is 2.30. The predicted octanol–water partition coefficient (Wildman–Crippen LogP) is 2.23. The minimum absolute atomic E-state index is 0.384. The number of rotatable bonds is 2. The van der Waals surface area contributed by atoms with Crippen molar-refractivity contribution in [2.45, 2.75) is 13.8 Å². The van der Waals surface area contributed by atoms with Gasteiger partial charge < -0.3 is 10.6 Å². The molecule has 0 atom stereocenters. The number of anilines is 2. The Morgan fingerprint density at radius 1 is 0.639 bits per heavy atom. The molecule has 0 aliphatic carbocycles. The van der Waals surface area contributed by atoms with Crippen LogP contribution in [0.5, 0.6) is 0 Å². The second-order valence-electron chi connectivity index (χ2n) is 8.58. The van der Waals surface area contributed by atoms with Crippen LogP contribution >= 0.6 is 0 Å². The maximum Gasteiger partial charge on any atom is 0.314 e. The Morgan fingerprint density at radius 2 is 1.00 bits per heavy atom. The Morgan fingerprint density at radius 3 is 1.36 bits per heavy atom. The molecule has 36 heavy (non-hydrogen) atoms. The van der Waals surface area contributed by atoms with E-state index in [9.17, 15) is 9.59 Å². The van der Waals surface area contributed by atoms with Crippen molar-refractivity contribution in [1.29, 1.82) is 0 Å². The van der Waals surface area contributed by atoms with E-state index in [2.05, 4.69) is 10.6 Å². The second kappa shape index (κ2) is 9.21. The minimum Gasteiger partial charge on any atom is -0.313 e. The molecule has 0 saturated carbocycles. The van der Waals surface area contributed by atoms with Gasteiger partial charge in [-0.3, -0.25) is 29.6 Å². The van der Waals surface area contributed by atoms with Crippen LogP contribution in [-0.4, -0.2) is 60.7 Å². The molecule has 10 heteroatoms. The molecule has 10 nitrogen and oxygen atoms in total. The van der Waals surface area contributed by atoms with Gasteiger partial charge in [0.1, 0.15) is 11.4 Å². The lowest BCUT2D eigenvalue weighted by Gasteiger charge is -2.29. The maximum atomic E-state index is 13.1. The lowest BCUT2D eigenvalue weighted by atomic mass is 10.2. The van der Waals surface area contributed by atoms with E-state index in [-0.39, 0.29) is 0 Å². The number of aliphatic imine (C=N–C) groups is 2. The smallest absolute Gasteiger partial charge is 0.313 e. The first-order chi connectivity index (χ1) is 17.4. The number of hydrazine groups is 2. The van der Waals surface area contributed by atoms with Crippen LogP contribution in [0.4, 0.5) is 11.4 Å². The van der Waals surface area contributed by atoms with Gasteiger partial charge in [0.2, 0.25) is 0 Å². The largest absolute Gasteiger partial charge is 0.314 e. The zero-order valence-corrected chi connectivity index (χ0v) is 20.7. The zero-order valence-electron chi connectivity index (χ0n) is 20.7. The standard InChI is InChI=1S/C26H28N8O2/c1-17-21-23(33(31(17)3)19-11-7-5-8-12-19)27-15-16-28-24-22(30-26(36)25(35)29-21)18(2)32(4)34(24)20-13-9-6-10-14-20/h5-14H,15-16H2,1-4H3,(H,29,35)(H,30,36). The van der Waals surface area contributed by atoms with Gasteiger partial charge in [-0.05, 0) is 38.1 Å². The summed E-state index contributed by atoms with van der Waals surface area (Å²) in [4.78, 5) is 35.8. The average Bonchev–Trinajstić information content (AvgIpc) is 3.26. The molecule has 0 fully saturated rings. The first kappa shape index (κ1) is 23.2. The van der Waals surface area contributed by atoms with E-state index in [1.165, 1.54) is 0 Å². The van der Waals surface area contributed by atoms with Crippen LogP contribution in [0.1, 0.15) is 13.8 Å². The van der Waals surface area contributed by atoms with E-state index in [4.69, 9.17) is 9.98 Å². The molecule has 5 rings (SSSR count). The number of nitrogens with one attached hydrogen (secondary N) is 2. The van der Waals surface area contributed by atoms with Crippen molar-refractivity contribution in [2.75, 3.05) is 37.2 Å². The summed E-state index contributed by atoms with van der Waals surface area (Å²) < 4.78 is 0. The molecule has 0 bridgehead atoms. The Labute approximate surface area is 209 Å². The van der Waals surface area contributed by atoms with Gasteiger partial charge in [0.15, 0.2) is 11.7 Å². The molecular formula is C26H28N8O2. The van der Waals surface area contributed by atoms with E-state index >= 15 is 0 Å². The highest BCUT2D eigenvalue weighted by atomic mass is 16.2. The summed E-state index contributed by atoms with van der Waals surface area (Å²) in [5.74, 6) is -0.445. The maximum absolute atomic E-state index is 13.1. The summed E-state index contributed by atoms with van der Waals surface area (Å²) in [5, 5.41) is 13.2. The van der Waals surface area contributed by atoms with Gasteiger partial charge in [0.05, 0.1) is 35.9 Å². The lowest BCUT2D eigenvalue weighted by molar-refractivity contribution is -0.138. The van der Waals surface area contributed by atoms with E-state index < -0.39 is 11.8 Å². The van der Waals surface area contributed by atoms with Gasteiger partial charge in [0.25, 0.3) is 0 Å². The summed E-state index contributed by atoms with van der Waals surface area (Å²) >= 11 is 0. The van der Waals surface area contributed by atoms with Crippen LogP contribution in [0.15, 0.2) is 93.4 Å². The van der Waals surface area contributed by atoms with Crippen molar-refractivity contribution in [2.24, 2.45) is 9.98 Å². The van der Waals surface area contributed by atoms with Crippen LogP contribution in [0.2, 0.25) is 0 Å². The number of fused-ring (bicyclic) bond motifs is 2. The number of benzene rings is 2. The minimum atomic E-state index is -0.776. The molecule has 0 unspecified atom stereocenters. The molecule has 0 radical (unpaired) electrons. The number of amidine groups is 2. The molecule has 0 spiro atoms. The van der Waals surface area contributed by atoms with Crippen molar-refractivity contribution in [3.8, 4) is 0 Å². The Bertz CT molecular complexity index is 1230. The Hall–Kier alpha value is -4.60. The van der Waals surface area contributed by atoms with Crippen molar-refractivity contribution < 1.29 is 9.59 Å². The third kappa shape index (κ3) is 3.86. The van der Waals surface area contributed by atoms with Crippen LogP contribution in [0, 0.1) is 0 Å². The number of amides is 2. The number of carbonyl (C=O) groups is 2. The fraction of sp³-hybridized carbons (Fsp3) is 0.231. The molecule has 2 N–H and O–H groups in total. The fourth-order valence-electron chi connectivity index (χ4n) is 4.41. The fourth-order valence-corrected chi connectivity index (χ4v) is 4.41.